The van der Waals surface area contributed by atoms with Crippen molar-refractivity contribution in [3.05, 3.63) is 53.9 Å². The second-order valence-electron chi connectivity index (χ2n) is 5.07. The fourth-order valence-electron chi connectivity index (χ4n) is 3.03. The zero-order chi connectivity index (χ0) is 13.7. The summed E-state index contributed by atoms with van der Waals surface area (Å²) in [5.41, 5.74) is 2.74. The zero-order valence-corrected chi connectivity index (χ0v) is 10.7. The van der Waals surface area contributed by atoms with Crippen LogP contribution >= 0.6 is 0 Å². The molecule has 3 heterocycles. The van der Waals surface area contributed by atoms with E-state index in [1.165, 1.54) is 0 Å². The Bertz CT molecular complexity index is 719. The van der Waals surface area contributed by atoms with Crippen molar-refractivity contribution in [2.45, 2.75) is 12.6 Å². The average Bonchev–Trinajstić information content (AvgIpc) is 2.84. The summed E-state index contributed by atoms with van der Waals surface area (Å²) >= 11 is 0. The van der Waals surface area contributed by atoms with Crippen LogP contribution in [-0.4, -0.2) is 22.9 Å². The fourth-order valence-corrected chi connectivity index (χ4v) is 3.03. The minimum absolute atomic E-state index is 0.0599. The molecule has 4 rings (SSSR count). The number of nitrogens with zero attached hydrogens (tertiary/aromatic N) is 2. The first-order valence-corrected chi connectivity index (χ1v) is 6.58. The first kappa shape index (κ1) is 11.3. The van der Waals surface area contributed by atoms with E-state index in [4.69, 9.17) is 0 Å². The van der Waals surface area contributed by atoms with Crippen molar-refractivity contribution < 1.29 is 9.59 Å². The van der Waals surface area contributed by atoms with Crippen molar-refractivity contribution in [1.82, 2.24) is 9.88 Å². The number of anilines is 1. The molecule has 100 valence electrons. The Morgan fingerprint density at radius 2 is 1.95 bits per heavy atom. The molecule has 2 aromatic rings. The van der Waals surface area contributed by atoms with Crippen LogP contribution in [0.25, 0.3) is 0 Å². The average molecular weight is 267 g/mol. The Balaban J connectivity index is 2.00. The van der Waals surface area contributed by atoms with Gasteiger partial charge >= 0.3 is 0 Å². The van der Waals surface area contributed by atoms with Crippen LogP contribution in [0.5, 0.6) is 0 Å². The van der Waals surface area contributed by atoms with Crippen molar-refractivity contribution in [2.24, 2.45) is 0 Å². The highest BCUT2D eigenvalue weighted by molar-refractivity contribution is 6.07. The van der Waals surface area contributed by atoms with Gasteiger partial charge in [-0.3, -0.25) is 14.5 Å². The molecule has 0 spiro atoms. The topological polar surface area (TPSA) is 54.3 Å². The third kappa shape index (κ3) is 1.43. The maximum absolute atomic E-state index is 12.3. The number of para-hydroxylation sites is 1. The van der Waals surface area contributed by atoms with Gasteiger partial charge in [0.25, 0.3) is 0 Å². The SMILES string of the molecule is O=C1NCC(=O)N2c3ccccc3Cn3cccc3C12. The second kappa shape index (κ2) is 3.96. The summed E-state index contributed by atoms with van der Waals surface area (Å²) in [7, 11) is 0. The number of aromatic nitrogens is 1. The highest BCUT2D eigenvalue weighted by Gasteiger charge is 2.40. The highest BCUT2D eigenvalue weighted by Crippen LogP contribution is 2.36. The maximum Gasteiger partial charge on any atom is 0.249 e. The molecule has 1 aromatic heterocycles. The summed E-state index contributed by atoms with van der Waals surface area (Å²) in [4.78, 5) is 26.2. The lowest BCUT2D eigenvalue weighted by Gasteiger charge is -2.34. The van der Waals surface area contributed by atoms with Crippen LogP contribution in [0, 0.1) is 0 Å². The van der Waals surface area contributed by atoms with Gasteiger partial charge < -0.3 is 9.88 Å². The number of carbonyl (C=O) groups excluding carboxylic acids is 2. The van der Waals surface area contributed by atoms with E-state index in [0.717, 1.165) is 16.9 Å². The molecule has 1 fully saturated rings. The van der Waals surface area contributed by atoms with Gasteiger partial charge in [-0.05, 0) is 23.8 Å². The molecule has 1 unspecified atom stereocenters. The summed E-state index contributed by atoms with van der Waals surface area (Å²) in [6, 6.07) is 11.0. The van der Waals surface area contributed by atoms with Gasteiger partial charge in [0.05, 0.1) is 17.9 Å². The third-order valence-corrected chi connectivity index (χ3v) is 3.93. The Kier molecular flexibility index (Phi) is 2.24. The van der Waals surface area contributed by atoms with Gasteiger partial charge in [-0.2, -0.15) is 0 Å². The lowest BCUT2D eigenvalue weighted by molar-refractivity contribution is -0.131. The summed E-state index contributed by atoms with van der Waals surface area (Å²) in [6.45, 7) is 0.733. The van der Waals surface area contributed by atoms with Crippen LogP contribution in [0.1, 0.15) is 17.3 Å². The number of hydrogen-bond acceptors (Lipinski definition) is 2. The molecule has 0 saturated carbocycles. The molecule has 1 aromatic carbocycles. The monoisotopic (exact) mass is 267 g/mol. The summed E-state index contributed by atoms with van der Waals surface area (Å²) in [5.74, 6) is -0.196. The Labute approximate surface area is 115 Å². The minimum atomic E-state index is -0.574. The number of nitrogens with one attached hydrogen (secondary N) is 1. The standard InChI is InChI=1S/C15H13N3O2/c19-13-8-16-15(20)14-12-6-3-7-17(12)9-10-4-1-2-5-11(10)18(13)14/h1-7,14H,8-9H2,(H,16,20). The molecule has 0 radical (unpaired) electrons. The number of amides is 2. The molecule has 5 heteroatoms. The molecule has 2 amide bonds. The number of fused-ring (bicyclic) bond motifs is 5. The van der Waals surface area contributed by atoms with E-state index in [2.05, 4.69) is 5.32 Å². The van der Waals surface area contributed by atoms with E-state index in [1.807, 2.05) is 47.2 Å². The van der Waals surface area contributed by atoms with Crippen LogP contribution < -0.4 is 10.2 Å². The number of piperazine rings is 1. The molecule has 1 saturated heterocycles. The lowest BCUT2D eigenvalue weighted by atomic mass is 10.1. The maximum atomic E-state index is 12.3. The smallest absolute Gasteiger partial charge is 0.249 e. The summed E-state index contributed by atoms with van der Waals surface area (Å²) in [5, 5.41) is 2.68. The highest BCUT2D eigenvalue weighted by atomic mass is 16.2. The van der Waals surface area contributed by atoms with Crippen LogP contribution in [-0.2, 0) is 16.1 Å². The largest absolute Gasteiger partial charge is 0.345 e. The van der Waals surface area contributed by atoms with Gasteiger partial charge in [0.15, 0.2) is 6.04 Å². The molecule has 5 nitrogen and oxygen atoms in total. The molecular formula is C15H13N3O2. The van der Waals surface area contributed by atoms with E-state index in [0.29, 0.717) is 6.54 Å². The molecular weight excluding hydrogens is 254 g/mol. The third-order valence-electron chi connectivity index (χ3n) is 3.93. The number of rotatable bonds is 0. The predicted octanol–water partition coefficient (Wildman–Crippen LogP) is 1.05. The van der Waals surface area contributed by atoms with Gasteiger partial charge in [-0.15, -0.1) is 0 Å². The molecule has 20 heavy (non-hydrogen) atoms. The zero-order valence-electron chi connectivity index (χ0n) is 10.7. The predicted molar refractivity (Wildman–Crippen MR) is 73.2 cm³/mol. The van der Waals surface area contributed by atoms with Gasteiger partial charge in [-0.25, -0.2) is 0 Å². The van der Waals surface area contributed by atoms with Crippen LogP contribution in [0.4, 0.5) is 5.69 Å². The Morgan fingerprint density at radius 3 is 2.85 bits per heavy atom. The minimum Gasteiger partial charge on any atom is -0.345 e. The molecule has 0 aliphatic carbocycles. The van der Waals surface area contributed by atoms with E-state index in [-0.39, 0.29) is 18.4 Å². The van der Waals surface area contributed by atoms with Crippen LogP contribution in [0.3, 0.4) is 0 Å². The first-order valence-electron chi connectivity index (χ1n) is 6.58. The van der Waals surface area contributed by atoms with Crippen molar-refractivity contribution in [1.29, 1.82) is 0 Å². The van der Waals surface area contributed by atoms with Gasteiger partial charge in [-0.1, -0.05) is 18.2 Å². The van der Waals surface area contributed by atoms with Crippen molar-refractivity contribution >= 4 is 17.5 Å². The van der Waals surface area contributed by atoms with Crippen molar-refractivity contribution in [2.75, 3.05) is 11.4 Å². The second-order valence-corrected chi connectivity index (χ2v) is 5.07. The fraction of sp³-hybridized carbons (Fsp3) is 0.200. The number of hydrogen-bond donors (Lipinski definition) is 1. The molecule has 1 atom stereocenters. The van der Waals surface area contributed by atoms with Crippen molar-refractivity contribution in [3.8, 4) is 0 Å². The number of carbonyl (C=O) groups is 2. The van der Waals surface area contributed by atoms with Crippen LogP contribution in [0.2, 0.25) is 0 Å². The van der Waals surface area contributed by atoms with Gasteiger partial charge in [0.2, 0.25) is 11.8 Å². The first-order chi connectivity index (χ1) is 9.75. The Morgan fingerprint density at radius 1 is 1.10 bits per heavy atom. The summed E-state index contributed by atoms with van der Waals surface area (Å²) < 4.78 is 2.03. The van der Waals surface area contributed by atoms with Crippen molar-refractivity contribution in [3.63, 3.8) is 0 Å². The molecule has 2 aliphatic rings. The quantitative estimate of drug-likeness (QED) is 0.776. The van der Waals surface area contributed by atoms with Gasteiger partial charge in [0, 0.05) is 12.7 Å². The Hall–Kier alpha value is -2.56. The van der Waals surface area contributed by atoms with Gasteiger partial charge in [0.1, 0.15) is 0 Å². The van der Waals surface area contributed by atoms with Crippen LogP contribution in [0.15, 0.2) is 42.6 Å². The summed E-state index contributed by atoms with van der Waals surface area (Å²) in [6.07, 6.45) is 1.95. The molecule has 0 bridgehead atoms. The van der Waals surface area contributed by atoms with E-state index in [9.17, 15) is 9.59 Å². The van der Waals surface area contributed by atoms with E-state index in [1.54, 1.807) is 4.90 Å². The lowest BCUT2D eigenvalue weighted by Crippen LogP contribution is -2.53. The van der Waals surface area contributed by atoms with E-state index >= 15 is 0 Å². The number of benzene rings is 1. The van der Waals surface area contributed by atoms with E-state index < -0.39 is 6.04 Å². The normalized spacial score (nSPS) is 20.6. The molecule has 1 N–H and O–H groups in total. The molecule has 2 aliphatic heterocycles.